The van der Waals surface area contributed by atoms with Crippen LogP contribution in [0.25, 0.3) is 0 Å². The lowest BCUT2D eigenvalue weighted by Crippen LogP contribution is -2.48. The Morgan fingerprint density at radius 3 is 2.86 bits per heavy atom. The van der Waals surface area contributed by atoms with E-state index < -0.39 is 16.5 Å². The summed E-state index contributed by atoms with van der Waals surface area (Å²) >= 11 is 0. The second-order valence-corrected chi connectivity index (χ2v) is 5.28. The molecule has 1 aliphatic rings. The first-order chi connectivity index (χ1) is 9.86. The van der Waals surface area contributed by atoms with Crippen LogP contribution in [0.2, 0.25) is 0 Å². The summed E-state index contributed by atoms with van der Waals surface area (Å²) in [5, 5.41) is 20.1. The van der Waals surface area contributed by atoms with Crippen LogP contribution in [0.1, 0.15) is 30.3 Å². The van der Waals surface area contributed by atoms with Crippen LogP contribution in [-0.2, 0) is 4.74 Å². The van der Waals surface area contributed by atoms with Gasteiger partial charge in [0.05, 0.1) is 10.5 Å². The Bertz CT molecular complexity index is 577. The average Bonchev–Trinajstić information content (AvgIpc) is 2.46. The molecule has 1 atom stereocenters. The fraction of sp³-hybridized carbons (Fsp3) is 0.538. The average molecular weight is 295 g/mol. The van der Waals surface area contributed by atoms with Gasteiger partial charge in [-0.05, 0) is 25.8 Å². The van der Waals surface area contributed by atoms with E-state index >= 15 is 0 Å². The smallest absolute Gasteiger partial charge is 0.354 e. The van der Waals surface area contributed by atoms with Gasteiger partial charge in [0.1, 0.15) is 0 Å². The highest BCUT2D eigenvalue weighted by Crippen LogP contribution is 2.32. The van der Waals surface area contributed by atoms with E-state index in [-0.39, 0.29) is 17.2 Å². The lowest BCUT2D eigenvalue weighted by molar-refractivity contribution is -0.384. The van der Waals surface area contributed by atoms with Gasteiger partial charge in [0, 0.05) is 26.3 Å². The van der Waals surface area contributed by atoms with Crippen LogP contribution in [0.15, 0.2) is 12.1 Å². The molecule has 1 aromatic heterocycles. The number of carbonyl (C=O) groups is 1. The zero-order valence-corrected chi connectivity index (χ0v) is 11.9. The van der Waals surface area contributed by atoms with Crippen LogP contribution < -0.4 is 4.90 Å². The first-order valence-corrected chi connectivity index (χ1v) is 6.55. The van der Waals surface area contributed by atoms with Crippen LogP contribution in [-0.4, -0.2) is 46.8 Å². The van der Waals surface area contributed by atoms with Crippen LogP contribution in [0.5, 0.6) is 0 Å². The number of nitrogens with zero attached hydrogens (tertiary/aromatic N) is 3. The molecule has 1 fully saturated rings. The normalized spacial score (nSPS) is 22.1. The Morgan fingerprint density at radius 2 is 2.29 bits per heavy atom. The number of carboxylic acids is 1. The number of hydrogen-bond donors (Lipinski definition) is 1. The standard InChI is InChI=1S/C13H17N3O5/c1-13(21-2)6-3-7-15(8-13)11-10(16(19)20)5-4-9(14-11)12(17)18/h4-5H,3,6-8H2,1-2H3,(H,17,18). The summed E-state index contributed by atoms with van der Waals surface area (Å²) in [7, 11) is 1.60. The van der Waals surface area contributed by atoms with Gasteiger partial charge in [-0.25, -0.2) is 9.78 Å². The van der Waals surface area contributed by atoms with Crippen molar-refractivity contribution in [3.05, 3.63) is 27.9 Å². The van der Waals surface area contributed by atoms with Gasteiger partial charge in [-0.15, -0.1) is 0 Å². The Balaban J connectivity index is 2.42. The van der Waals surface area contributed by atoms with Crippen molar-refractivity contribution in [1.82, 2.24) is 4.98 Å². The molecule has 114 valence electrons. The molecule has 1 aliphatic heterocycles. The number of carboxylic acid groups (broad SMARTS) is 1. The van der Waals surface area contributed by atoms with E-state index in [4.69, 9.17) is 9.84 Å². The number of rotatable bonds is 4. The number of pyridine rings is 1. The minimum absolute atomic E-state index is 0.0860. The zero-order chi connectivity index (χ0) is 15.6. The quantitative estimate of drug-likeness (QED) is 0.665. The molecule has 1 aromatic rings. The molecule has 0 spiro atoms. The number of aromatic carboxylic acids is 1. The lowest BCUT2D eigenvalue weighted by Gasteiger charge is -2.39. The monoisotopic (exact) mass is 295 g/mol. The number of piperidine rings is 1. The molecule has 1 unspecified atom stereocenters. The van der Waals surface area contributed by atoms with Gasteiger partial charge in [-0.1, -0.05) is 0 Å². The van der Waals surface area contributed by atoms with Crippen LogP contribution in [0.4, 0.5) is 11.5 Å². The Kier molecular flexibility index (Phi) is 4.08. The molecule has 0 radical (unpaired) electrons. The lowest BCUT2D eigenvalue weighted by atomic mass is 9.94. The summed E-state index contributed by atoms with van der Waals surface area (Å²) in [5.41, 5.74) is -0.826. The maximum atomic E-state index is 11.1. The molecule has 0 aromatic carbocycles. The summed E-state index contributed by atoms with van der Waals surface area (Å²) in [6.07, 6.45) is 1.63. The first-order valence-electron chi connectivity index (χ1n) is 6.55. The highest BCUT2D eigenvalue weighted by molar-refractivity contribution is 5.86. The maximum absolute atomic E-state index is 11.1. The summed E-state index contributed by atoms with van der Waals surface area (Å²) in [6.45, 7) is 2.93. The second kappa shape index (κ2) is 5.65. The van der Waals surface area contributed by atoms with Crippen molar-refractivity contribution < 1.29 is 19.6 Å². The summed E-state index contributed by atoms with van der Waals surface area (Å²) in [5.74, 6) is -1.12. The number of methoxy groups -OCH3 is 1. The van der Waals surface area contributed by atoms with E-state index in [1.54, 1.807) is 12.0 Å². The van der Waals surface area contributed by atoms with E-state index in [1.165, 1.54) is 6.07 Å². The van der Waals surface area contributed by atoms with E-state index in [0.717, 1.165) is 18.9 Å². The Morgan fingerprint density at radius 1 is 1.57 bits per heavy atom. The predicted octanol–water partition coefficient (Wildman–Crippen LogP) is 1.69. The van der Waals surface area contributed by atoms with Crippen molar-refractivity contribution in [1.29, 1.82) is 0 Å². The van der Waals surface area contributed by atoms with Gasteiger partial charge < -0.3 is 14.7 Å². The van der Waals surface area contributed by atoms with E-state index in [9.17, 15) is 14.9 Å². The van der Waals surface area contributed by atoms with Gasteiger partial charge >= 0.3 is 11.7 Å². The molecule has 1 N–H and O–H groups in total. The predicted molar refractivity (Wildman–Crippen MR) is 74.7 cm³/mol. The minimum Gasteiger partial charge on any atom is -0.477 e. The SMILES string of the molecule is COC1(C)CCCN(c2nc(C(=O)O)ccc2[N+](=O)[O-])C1. The number of nitro groups is 1. The fourth-order valence-electron chi connectivity index (χ4n) is 2.49. The summed E-state index contributed by atoms with van der Waals surface area (Å²) < 4.78 is 5.45. The third-order valence-electron chi connectivity index (χ3n) is 3.72. The molecule has 0 aliphatic carbocycles. The van der Waals surface area contributed by atoms with Gasteiger partial charge in [0.25, 0.3) is 0 Å². The molecular formula is C13H17N3O5. The minimum atomic E-state index is -1.21. The molecule has 8 heteroatoms. The Labute approximate surface area is 121 Å². The molecule has 0 saturated carbocycles. The first kappa shape index (κ1) is 15.2. The van der Waals surface area contributed by atoms with Gasteiger partial charge in [-0.3, -0.25) is 10.1 Å². The van der Waals surface area contributed by atoms with Gasteiger partial charge in [0.15, 0.2) is 5.69 Å². The zero-order valence-electron chi connectivity index (χ0n) is 11.9. The van der Waals surface area contributed by atoms with E-state index in [1.807, 2.05) is 6.92 Å². The number of ether oxygens (including phenoxy) is 1. The number of anilines is 1. The van der Waals surface area contributed by atoms with E-state index in [2.05, 4.69) is 4.98 Å². The van der Waals surface area contributed by atoms with Gasteiger partial charge in [-0.2, -0.15) is 0 Å². The molecule has 1 saturated heterocycles. The van der Waals surface area contributed by atoms with Crippen molar-refractivity contribution in [2.24, 2.45) is 0 Å². The maximum Gasteiger partial charge on any atom is 0.354 e. The highest BCUT2D eigenvalue weighted by atomic mass is 16.6. The largest absolute Gasteiger partial charge is 0.477 e. The third-order valence-corrected chi connectivity index (χ3v) is 3.72. The van der Waals surface area contributed by atoms with Crippen LogP contribution in [0, 0.1) is 10.1 Å². The van der Waals surface area contributed by atoms with Crippen LogP contribution in [0.3, 0.4) is 0 Å². The summed E-state index contributed by atoms with van der Waals surface area (Å²) in [4.78, 5) is 27.3. The molecule has 21 heavy (non-hydrogen) atoms. The second-order valence-electron chi connectivity index (χ2n) is 5.28. The molecule has 2 heterocycles. The van der Waals surface area contributed by atoms with Crippen molar-refractivity contribution >= 4 is 17.5 Å². The third kappa shape index (κ3) is 3.10. The molecule has 8 nitrogen and oxygen atoms in total. The fourth-order valence-corrected chi connectivity index (χ4v) is 2.49. The van der Waals surface area contributed by atoms with Crippen molar-refractivity contribution in [3.8, 4) is 0 Å². The van der Waals surface area contributed by atoms with E-state index in [0.29, 0.717) is 13.1 Å². The highest BCUT2D eigenvalue weighted by Gasteiger charge is 2.34. The van der Waals surface area contributed by atoms with Crippen molar-refractivity contribution in [3.63, 3.8) is 0 Å². The van der Waals surface area contributed by atoms with Crippen molar-refractivity contribution in [2.75, 3.05) is 25.1 Å². The van der Waals surface area contributed by atoms with Crippen LogP contribution >= 0.6 is 0 Å². The Hall–Kier alpha value is -2.22. The van der Waals surface area contributed by atoms with Gasteiger partial charge in [0.2, 0.25) is 5.82 Å². The molecule has 0 amide bonds. The topological polar surface area (TPSA) is 106 Å². The number of hydrogen-bond acceptors (Lipinski definition) is 6. The molecule has 2 rings (SSSR count). The molecule has 0 bridgehead atoms. The van der Waals surface area contributed by atoms with Crippen molar-refractivity contribution in [2.45, 2.75) is 25.4 Å². The summed E-state index contributed by atoms with van der Waals surface area (Å²) in [6, 6.07) is 2.33. The molecular weight excluding hydrogens is 278 g/mol. The number of aromatic nitrogens is 1.